The maximum Gasteiger partial charge on any atom is 0.337 e. The van der Waals surface area contributed by atoms with E-state index in [1.165, 1.54) is 24.6 Å². The minimum Gasteiger partial charge on any atom is -0.465 e. The predicted octanol–water partition coefficient (Wildman–Crippen LogP) is 3.71. The Morgan fingerprint density at radius 1 is 1.06 bits per heavy atom. The van der Waals surface area contributed by atoms with Crippen LogP contribution in [0.1, 0.15) is 21.5 Å². The van der Waals surface area contributed by atoms with Crippen LogP contribution in [-0.2, 0) is 11.3 Å². The molecule has 9 heteroatoms. The quantitative estimate of drug-likeness (QED) is 0.391. The molecule has 4 aromatic rings. The Morgan fingerprint density at radius 3 is 2.61 bits per heavy atom. The van der Waals surface area contributed by atoms with Crippen molar-refractivity contribution in [1.82, 2.24) is 25.1 Å². The van der Waals surface area contributed by atoms with Crippen LogP contribution in [0.5, 0.6) is 0 Å². The Morgan fingerprint density at radius 2 is 1.84 bits per heavy atom. The third-order valence-electron chi connectivity index (χ3n) is 4.70. The molecular formula is C22H21N7O2. The van der Waals surface area contributed by atoms with Gasteiger partial charge in [0.25, 0.3) is 0 Å². The van der Waals surface area contributed by atoms with Crippen molar-refractivity contribution in [1.29, 1.82) is 0 Å². The van der Waals surface area contributed by atoms with Crippen LogP contribution in [-0.4, -0.2) is 38.2 Å². The third-order valence-corrected chi connectivity index (χ3v) is 4.70. The average molecular weight is 415 g/mol. The molecule has 31 heavy (non-hydrogen) atoms. The Kier molecular flexibility index (Phi) is 5.84. The van der Waals surface area contributed by atoms with E-state index in [0.29, 0.717) is 29.8 Å². The molecule has 0 radical (unpaired) electrons. The van der Waals surface area contributed by atoms with Crippen molar-refractivity contribution < 1.29 is 9.53 Å². The first-order chi connectivity index (χ1) is 15.1. The number of carbonyl (C=O) groups excluding carboxylic acids is 1. The van der Waals surface area contributed by atoms with Crippen molar-refractivity contribution in [2.24, 2.45) is 0 Å². The minimum absolute atomic E-state index is 0.375. The van der Waals surface area contributed by atoms with Gasteiger partial charge in [-0.2, -0.15) is 10.1 Å². The number of nitrogens with zero attached hydrogens (tertiary/aromatic N) is 4. The second-order valence-corrected chi connectivity index (χ2v) is 6.77. The van der Waals surface area contributed by atoms with Gasteiger partial charge in [-0.1, -0.05) is 36.4 Å². The normalized spacial score (nSPS) is 10.5. The molecule has 0 aliphatic carbocycles. The van der Waals surface area contributed by atoms with E-state index in [-0.39, 0.29) is 5.97 Å². The number of H-pyrrole nitrogens is 1. The van der Waals surface area contributed by atoms with E-state index < -0.39 is 0 Å². The molecule has 0 saturated carbocycles. The van der Waals surface area contributed by atoms with Crippen molar-refractivity contribution in [3.8, 4) is 11.3 Å². The summed E-state index contributed by atoms with van der Waals surface area (Å²) in [5.74, 6) is 1.03. The maximum absolute atomic E-state index is 11.6. The van der Waals surface area contributed by atoms with Crippen LogP contribution in [0.3, 0.4) is 0 Å². The van der Waals surface area contributed by atoms with Crippen LogP contribution >= 0.6 is 0 Å². The first-order valence-electron chi connectivity index (χ1n) is 9.61. The number of aromatic nitrogens is 5. The molecule has 0 atom stereocenters. The van der Waals surface area contributed by atoms with Crippen molar-refractivity contribution in [3.63, 3.8) is 0 Å². The van der Waals surface area contributed by atoms with Gasteiger partial charge >= 0.3 is 5.97 Å². The van der Waals surface area contributed by atoms with Crippen LogP contribution < -0.4 is 10.6 Å². The molecule has 0 aliphatic heterocycles. The summed E-state index contributed by atoms with van der Waals surface area (Å²) in [6, 6.07) is 17.0. The number of aryl methyl sites for hydroxylation is 1. The van der Waals surface area contributed by atoms with Crippen molar-refractivity contribution >= 4 is 23.7 Å². The molecular weight excluding hydrogens is 394 g/mol. The number of carbonyl (C=O) groups is 1. The van der Waals surface area contributed by atoms with Crippen LogP contribution in [0.4, 0.5) is 17.7 Å². The molecule has 156 valence electrons. The lowest BCUT2D eigenvalue weighted by Crippen LogP contribution is -2.07. The highest BCUT2D eigenvalue weighted by Gasteiger charge is 2.09. The Hall–Kier alpha value is -4.27. The van der Waals surface area contributed by atoms with Gasteiger partial charge in [0.05, 0.1) is 18.4 Å². The van der Waals surface area contributed by atoms with Gasteiger partial charge in [-0.15, -0.1) is 0 Å². The minimum atomic E-state index is -0.375. The lowest BCUT2D eigenvalue weighted by Gasteiger charge is -2.08. The topological polar surface area (TPSA) is 118 Å². The zero-order valence-corrected chi connectivity index (χ0v) is 17.1. The van der Waals surface area contributed by atoms with Gasteiger partial charge in [-0.25, -0.2) is 14.8 Å². The summed E-state index contributed by atoms with van der Waals surface area (Å²) < 4.78 is 4.72. The highest BCUT2D eigenvalue weighted by atomic mass is 16.5. The molecule has 0 saturated heterocycles. The molecule has 0 unspecified atom stereocenters. The molecule has 2 aromatic carbocycles. The summed E-state index contributed by atoms with van der Waals surface area (Å²) in [6.45, 7) is 2.68. The monoisotopic (exact) mass is 415 g/mol. The van der Waals surface area contributed by atoms with Crippen LogP contribution in [0, 0.1) is 6.92 Å². The second-order valence-electron chi connectivity index (χ2n) is 6.77. The number of esters is 1. The number of hydrogen-bond donors (Lipinski definition) is 3. The van der Waals surface area contributed by atoms with Gasteiger partial charge < -0.3 is 15.4 Å². The fraction of sp³-hybridized carbons (Fsp3) is 0.136. The number of methoxy groups -OCH3 is 1. The fourth-order valence-corrected chi connectivity index (χ4v) is 2.98. The smallest absolute Gasteiger partial charge is 0.337 e. The molecule has 3 N–H and O–H groups in total. The molecule has 4 rings (SSSR count). The summed E-state index contributed by atoms with van der Waals surface area (Å²) in [6.07, 6.45) is 1.44. The first-order valence-corrected chi connectivity index (χ1v) is 9.61. The maximum atomic E-state index is 11.6. The van der Waals surface area contributed by atoms with E-state index in [1.54, 1.807) is 12.1 Å². The Labute approximate surface area is 178 Å². The van der Waals surface area contributed by atoms with Gasteiger partial charge in [-0.3, -0.25) is 5.10 Å². The van der Waals surface area contributed by atoms with E-state index in [1.807, 2.05) is 30.3 Å². The predicted molar refractivity (Wildman–Crippen MR) is 117 cm³/mol. The number of nitrogens with one attached hydrogen (secondary N) is 3. The number of anilines is 3. The number of aromatic amines is 1. The number of rotatable bonds is 7. The molecule has 2 heterocycles. The van der Waals surface area contributed by atoms with Crippen molar-refractivity contribution in [2.45, 2.75) is 13.5 Å². The van der Waals surface area contributed by atoms with Crippen molar-refractivity contribution in [3.05, 3.63) is 77.6 Å². The van der Waals surface area contributed by atoms with Gasteiger partial charge in [0.2, 0.25) is 11.9 Å². The Bertz CT molecular complexity index is 1190. The summed E-state index contributed by atoms with van der Waals surface area (Å²) >= 11 is 0. The van der Waals surface area contributed by atoms with Crippen molar-refractivity contribution in [2.75, 3.05) is 17.7 Å². The largest absolute Gasteiger partial charge is 0.465 e. The SMILES string of the molecule is COC(=O)c1ccc(-c2cc(Nc3ncnc(NCc4ccccc4C)n3)n[nH]2)cc1. The van der Waals surface area contributed by atoms with E-state index in [0.717, 1.165) is 11.3 Å². The zero-order valence-electron chi connectivity index (χ0n) is 17.1. The van der Waals surface area contributed by atoms with Gasteiger partial charge in [0.1, 0.15) is 6.33 Å². The third kappa shape index (κ3) is 4.84. The summed E-state index contributed by atoms with van der Waals surface area (Å²) in [5, 5.41) is 13.5. The van der Waals surface area contributed by atoms with E-state index >= 15 is 0 Å². The van der Waals surface area contributed by atoms with Gasteiger partial charge in [0.15, 0.2) is 5.82 Å². The van der Waals surface area contributed by atoms with Crippen LogP contribution in [0.2, 0.25) is 0 Å². The fourth-order valence-electron chi connectivity index (χ4n) is 2.98. The standard InChI is InChI=1S/C22H21N7O2/c1-14-5-3-4-6-17(14)12-23-21-24-13-25-22(27-21)26-19-11-18(28-29-19)15-7-9-16(10-8-15)20(30)31-2/h3-11,13H,12H2,1-2H3,(H3,23,24,25,26,27,28,29). The molecule has 0 aliphatic rings. The van der Waals surface area contributed by atoms with E-state index in [9.17, 15) is 4.79 Å². The lowest BCUT2D eigenvalue weighted by molar-refractivity contribution is 0.0601. The van der Waals surface area contributed by atoms with E-state index in [2.05, 4.69) is 54.8 Å². The number of benzene rings is 2. The lowest BCUT2D eigenvalue weighted by atomic mass is 10.1. The van der Waals surface area contributed by atoms with Gasteiger partial charge in [-0.05, 0) is 35.7 Å². The number of hydrogen-bond acceptors (Lipinski definition) is 8. The molecule has 0 bridgehead atoms. The molecule has 9 nitrogen and oxygen atoms in total. The summed E-state index contributed by atoms with van der Waals surface area (Å²) in [5.41, 5.74) is 4.52. The van der Waals surface area contributed by atoms with Crippen LogP contribution in [0.25, 0.3) is 11.3 Å². The van der Waals surface area contributed by atoms with Crippen LogP contribution in [0.15, 0.2) is 60.9 Å². The highest BCUT2D eigenvalue weighted by Crippen LogP contribution is 2.22. The second kappa shape index (κ2) is 9.04. The highest BCUT2D eigenvalue weighted by molar-refractivity contribution is 5.89. The number of ether oxygens (including phenoxy) is 1. The van der Waals surface area contributed by atoms with E-state index in [4.69, 9.17) is 4.74 Å². The average Bonchev–Trinajstić information content (AvgIpc) is 3.27. The summed E-state index contributed by atoms with van der Waals surface area (Å²) in [4.78, 5) is 24.3. The molecule has 2 aromatic heterocycles. The summed E-state index contributed by atoms with van der Waals surface area (Å²) in [7, 11) is 1.36. The Balaban J connectivity index is 1.42. The zero-order chi connectivity index (χ0) is 21.6. The van der Waals surface area contributed by atoms with Gasteiger partial charge in [0, 0.05) is 12.6 Å². The molecule has 0 spiro atoms. The first kappa shape index (κ1) is 20.0. The molecule has 0 amide bonds. The molecule has 0 fully saturated rings.